The first-order valence-corrected chi connectivity index (χ1v) is 15.0. The number of hydrogen-bond acceptors (Lipinski definition) is 12. The van der Waals surface area contributed by atoms with Crippen LogP contribution in [0.25, 0.3) is 21.3 Å². The second kappa shape index (κ2) is 16.3. The summed E-state index contributed by atoms with van der Waals surface area (Å²) in [4.78, 5) is 17.9. The molecule has 4 N–H and O–H groups in total. The lowest BCUT2D eigenvalue weighted by molar-refractivity contribution is -0.150. The number of thioether (sulfide) groups is 1. The van der Waals surface area contributed by atoms with Gasteiger partial charge in [0.1, 0.15) is 29.4 Å². The topological polar surface area (TPSA) is 128 Å². The summed E-state index contributed by atoms with van der Waals surface area (Å²) in [7, 11) is 0. The number of nitrogens with zero attached hydrogens (tertiary/aromatic N) is 1. The van der Waals surface area contributed by atoms with Gasteiger partial charge in [-0.15, -0.1) is 23.1 Å². The van der Waals surface area contributed by atoms with E-state index in [2.05, 4.69) is 4.98 Å². The number of rotatable bonds is 17. The first-order chi connectivity index (χ1) is 19.2. The van der Waals surface area contributed by atoms with E-state index in [1.807, 2.05) is 18.4 Å². The van der Waals surface area contributed by atoms with Crippen molar-refractivity contribution in [3.8, 4) is 17.0 Å². The zero-order valence-electron chi connectivity index (χ0n) is 22.5. The second-order valence-electron chi connectivity index (χ2n) is 8.78. The Balaban J connectivity index is 1.31. The first kappa shape index (κ1) is 32.3. The number of aromatic nitrogens is 1. The van der Waals surface area contributed by atoms with Gasteiger partial charge in [-0.1, -0.05) is 12.2 Å². The summed E-state index contributed by atoms with van der Waals surface area (Å²) in [6, 6.07) is 10.4. The zero-order chi connectivity index (χ0) is 29.0. The summed E-state index contributed by atoms with van der Waals surface area (Å²) in [5.74, 6) is -0.379. The predicted octanol–water partition coefficient (Wildman–Crippen LogP) is 4.20. The van der Waals surface area contributed by atoms with Crippen LogP contribution in [-0.4, -0.2) is 82.1 Å². The fourth-order valence-electron chi connectivity index (χ4n) is 3.33. The number of benzene rings is 1. The summed E-state index contributed by atoms with van der Waals surface area (Å²) in [6.45, 7) is 4.13. The van der Waals surface area contributed by atoms with Crippen LogP contribution in [0.1, 0.15) is 6.92 Å². The molecule has 0 saturated heterocycles. The molecular formula is C27H34FN3O6S3. The summed E-state index contributed by atoms with van der Waals surface area (Å²) in [5.41, 5.74) is 11.5. The number of ether oxygens (including phenoxy) is 5. The Morgan fingerprint density at radius 3 is 2.30 bits per heavy atom. The van der Waals surface area contributed by atoms with Crippen molar-refractivity contribution >= 4 is 51.5 Å². The molecule has 0 aliphatic rings. The van der Waals surface area contributed by atoms with E-state index >= 15 is 0 Å². The van der Waals surface area contributed by atoms with Gasteiger partial charge in [-0.05, 0) is 43.5 Å². The van der Waals surface area contributed by atoms with Gasteiger partial charge in [0, 0.05) is 34.0 Å². The molecule has 0 saturated carbocycles. The van der Waals surface area contributed by atoms with Crippen LogP contribution in [0.4, 0.5) is 4.39 Å². The number of carbonyl (C=O) groups excluding carboxylic acids is 1. The number of pyridine rings is 1. The molecular weight excluding hydrogens is 578 g/mol. The van der Waals surface area contributed by atoms with E-state index in [9.17, 15) is 9.18 Å². The summed E-state index contributed by atoms with van der Waals surface area (Å²) >= 11 is 8.53. The maximum Gasteiger partial charge on any atom is 0.327 e. The van der Waals surface area contributed by atoms with Gasteiger partial charge in [0.05, 0.1) is 43.5 Å². The van der Waals surface area contributed by atoms with Crippen molar-refractivity contribution in [3.63, 3.8) is 0 Å². The molecule has 0 bridgehead atoms. The van der Waals surface area contributed by atoms with E-state index in [1.54, 1.807) is 23.9 Å². The van der Waals surface area contributed by atoms with Crippen LogP contribution in [0, 0.1) is 9.64 Å². The molecule has 2 heterocycles. The van der Waals surface area contributed by atoms with Crippen LogP contribution in [-0.2, 0) is 23.7 Å². The fraction of sp³-hybridized carbons (Fsp3) is 0.444. The standard InChI is InChI=1S/C27H34FN3O6S3/c1-27(30,17-29)26(32)37-14-12-35-10-8-33-7-9-34-11-13-36-23-6-3-18-15-21(25(38)40-24(18)31-23)20-16-19(28)4-5-22(20)39-2/h3-6,15-16H,7-14,17,29-30H2,1-2H3. The Morgan fingerprint density at radius 2 is 1.65 bits per heavy atom. The van der Waals surface area contributed by atoms with E-state index in [-0.39, 0.29) is 25.6 Å². The SMILES string of the molecule is CSc1ccc(F)cc1-c1cc2ccc(OCCOCCOCCOCCOC(=O)C(C)(N)CN)nc2sc1=S. The molecule has 1 atom stereocenters. The molecule has 40 heavy (non-hydrogen) atoms. The van der Waals surface area contributed by atoms with E-state index in [0.717, 1.165) is 26.2 Å². The fourth-order valence-corrected chi connectivity index (χ4v) is 5.16. The van der Waals surface area contributed by atoms with Crippen molar-refractivity contribution in [1.29, 1.82) is 0 Å². The number of fused-ring (bicyclic) bond motifs is 1. The third-order valence-electron chi connectivity index (χ3n) is 5.60. The lowest BCUT2D eigenvalue weighted by atomic mass is 10.1. The average molecular weight is 612 g/mol. The minimum atomic E-state index is -1.19. The van der Waals surface area contributed by atoms with E-state index in [0.29, 0.717) is 49.3 Å². The third kappa shape index (κ3) is 9.70. The highest BCUT2D eigenvalue weighted by Crippen LogP contribution is 2.35. The molecule has 9 nitrogen and oxygen atoms in total. The zero-order valence-corrected chi connectivity index (χ0v) is 24.9. The van der Waals surface area contributed by atoms with Gasteiger partial charge in [0.25, 0.3) is 0 Å². The molecule has 218 valence electrons. The van der Waals surface area contributed by atoms with Crippen LogP contribution in [0.15, 0.2) is 41.3 Å². The normalized spacial score (nSPS) is 12.8. The highest BCUT2D eigenvalue weighted by molar-refractivity contribution is 7.98. The van der Waals surface area contributed by atoms with Crippen molar-refractivity contribution in [1.82, 2.24) is 4.98 Å². The third-order valence-corrected chi connectivity index (χ3v) is 7.79. The number of nitrogens with two attached hydrogens (primary N) is 2. The van der Waals surface area contributed by atoms with Gasteiger partial charge in [-0.25, -0.2) is 9.37 Å². The van der Waals surface area contributed by atoms with Crippen LogP contribution >= 0.6 is 35.3 Å². The molecule has 0 spiro atoms. The Hall–Kier alpha value is -2.23. The maximum atomic E-state index is 13.9. The van der Waals surface area contributed by atoms with E-state index in [4.69, 9.17) is 47.4 Å². The average Bonchev–Trinajstić information content (AvgIpc) is 2.94. The number of esters is 1. The van der Waals surface area contributed by atoms with Crippen molar-refractivity contribution in [3.05, 3.63) is 46.0 Å². The van der Waals surface area contributed by atoms with Crippen molar-refractivity contribution in [2.45, 2.75) is 17.4 Å². The van der Waals surface area contributed by atoms with Gasteiger partial charge < -0.3 is 35.2 Å². The quantitative estimate of drug-likeness (QED) is 0.0986. The minimum Gasteiger partial charge on any atom is -0.475 e. The summed E-state index contributed by atoms with van der Waals surface area (Å²) < 4.78 is 41.6. The Labute approximate surface area is 246 Å². The molecule has 0 aliphatic carbocycles. The van der Waals surface area contributed by atoms with Crippen LogP contribution in [0.3, 0.4) is 0 Å². The largest absolute Gasteiger partial charge is 0.475 e. The van der Waals surface area contributed by atoms with Gasteiger partial charge in [-0.3, -0.25) is 4.79 Å². The number of hydrogen-bond donors (Lipinski definition) is 2. The molecule has 0 aliphatic heterocycles. The first-order valence-electron chi connectivity index (χ1n) is 12.6. The van der Waals surface area contributed by atoms with Crippen molar-refractivity contribution in [2.75, 3.05) is 65.7 Å². The summed E-state index contributed by atoms with van der Waals surface area (Å²) in [6.07, 6.45) is 1.95. The highest BCUT2D eigenvalue weighted by Gasteiger charge is 2.28. The molecule has 3 rings (SSSR count). The Morgan fingerprint density at radius 1 is 1.00 bits per heavy atom. The smallest absolute Gasteiger partial charge is 0.327 e. The number of carbonyl (C=O) groups is 1. The monoisotopic (exact) mass is 611 g/mol. The second-order valence-corrected chi connectivity index (χ2v) is 11.3. The molecule has 0 amide bonds. The van der Waals surface area contributed by atoms with Gasteiger partial charge in [0.15, 0.2) is 0 Å². The van der Waals surface area contributed by atoms with Crippen LogP contribution < -0.4 is 16.2 Å². The maximum absolute atomic E-state index is 13.9. The molecule has 0 radical (unpaired) electrons. The predicted molar refractivity (Wildman–Crippen MR) is 158 cm³/mol. The molecule has 0 fully saturated rings. The molecule has 1 aromatic carbocycles. The highest BCUT2D eigenvalue weighted by atomic mass is 32.2. The van der Waals surface area contributed by atoms with Gasteiger partial charge in [0.2, 0.25) is 5.88 Å². The van der Waals surface area contributed by atoms with E-state index < -0.39 is 11.5 Å². The van der Waals surface area contributed by atoms with Crippen molar-refractivity contribution in [2.24, 2.45) is 11.5 Å². The van der Waals surface area contributed by atoms with E-state index in [1.165, 1.54) is 30.4 Å². The number of halogens is 1. The molecule has 1 unspecified atom stereocenters. The summed E-state index contributed by atoms with van der Waals surface area (Å²) in [5, 5.41) is 0.904. The molecule has 2 aromatic heterocycles. The van der Waals surface area contributed by atoms with Gasteiger partial charge in [-0.2, -0.15) is 0 Å². The Bertz CT molecular complexity index is 1320. The van der Waals surface area contributed by atoms with Crippen molar-refractivity contribution < 1.29 is 32.9 Å². The van der Waals surface area contributed by atoms with Crippen LogP contribution in [0.2, 0.25) is 0 Å². The molecule has 3 aromatic rings. The lowest BCUT2D eigenvalue weighted by Crippen LogP contribution is -2.52. The van der Waals surface area contributed by atoms with Crippen LogP contribution in [0.5, 0.6) is 5.88 Å². The van der Waals surface area contributed by atoms with Gasteiger partial charge >= 0.3 is 5.97 Å². The Kier molecular flexibility index (Phi) is 13.1. The lowest BCUT2D eigenvalue weighted by Gasteiger charge is -2.19. The minimum absolute atomic E-state index is 0.00609. The molecule has 13 heteroatoms.